The standard InChI is InChI=1S/C4HF9O3S.Li/c5-1(6,3(9,10)11)2(7,8)4(12,13)17(14,15)16;/h(H,14,15,16);/q;+1/p-1. The number of rotatable bonds is 3. The Morgan fingerprint density at radius 2 is 1.00 bits per heavy atom. The van der Waals surface area contributed by atoms with Crippen molar-refractivity contribution < 1.29 is 71.3 Å². The normalized spacial score (nSPS) is 15.2. The van der Waals surface area contributed by atoms with Gasteiger partial charge in [-0.25, -0.2) is 8.42 Å². The van der Waals surface area contributed by atoms with Crippen LogP contribution in [0.2, 0.25) is 0 Å². The van der Waals surface area contributed by atoms with Crippen LogP contribution in [0.1, 0.15) is 0 Å². The van der Waals surface area contributed by atoms with Crippen LogP contribution < -0.4 is 18.9 Å². The maximum absolute atomic E-state index is 12.2. The van der Waals surface area contributed by atoms with E-state index in [0.29, 0.717) is 0 Å². The average molecular weight is 306 g/mol. The van der Waals surface area contributed by atoms with E-state index in [2.05, 4.69) is 0 Å². The van der Waals surface area contributed by atoms with Gasteiger partial charge in [0.2, 0.25) is 0 Å². The maximum Gasteiger partial charge on any atom is 1.00 e. The van der Waals surface area contributed by atoms with E-state index in [0.717, 1.165) is 0 Å². The van der Waals surface area contributed by atoms with Crippen LogP contribution in [0.3, 0.4) is 0 Å². The predicted octanol–water partition coefficient (Wildman–Crippen LogP) is -1.04. The first kappa shape index (κ1) is 20.2. The minimum atomic E-state index is -7.43. The predicted molar refractivity (Wildman–Crippen MR) is 30.6 cm³/mol. The van der Waals surface area contributed by atoms with Gasteiger partial charge in [0.05, 0.1) is 0 Å². The molecule has 104 valence electrons. The first-order chi connectivity index (χ1) is 7.00. The molecule has 14 heteroatoms. The minimum Gasteiger partial charge on any atom is -0.743 e. The number of halogens is 9. The van der Waals surface area contributed by atoms with Crippen molar-refractivity contribution in [2.75, 3.05) is 0 Å². The third kappa shape index (κ3) is 2.73. The van der Waals surface area contributed by atoms with Gasteiger partial charge in [0.15, 0.2) is 10.1 Å². The Hall–Kier alpha value is -0.123. The quantitative estimate of drug-likeness (QED) is 0.380. The summed E-state index contributed by atoms with van der Waals surface area (Å²) in [6, 6.07) is 0. The first-order valence-electron chi connectivity index (χ1n) is 3.15. The molecule has 0 aliphatic carbocycles. The summed E-state index contributed by atoms with van der Waals surface area (Å²) in [4.78, 5) is 0. The molecule has 0 spiro atoms. The van der Waals surface area contributed by atoms with Gasteiger partial charge in [0, 0.05) is 0 Å². The monoisotopic (exact) mass is 306 g/mol. The van der Waals surface area contributed by atoms with Crippen molar-refractivity contribution in [1.29, 1.82) is 0 Å². The Labute approximate surface area is 105 Å². The fourth-order valence-electron chi connectivity index (χ4n) is 0.518. The minimum absolute atomic E-state index is 0. The molecule has 0 radical (unpaired) electrons. The van der Waals surface area contributed by atoms with Gasteiger partial charge in [-0.1, -0.05) is 0 Å². The average Bonchev–Trinajstić information content (AvgIpc) is 1.98. The second kappa shape index (κ2) is 4.77. The van der Waals surface area contributed by atoms with Crippen LogP contribution in [0, 0.1) is 0 Å². The van der Waals surface area contributed by atoms with Crippen molar-refractivity contribution in [2.24, 2.45) is 0 Å². The zero-order valence-corrected chi connectivity index (χ0v) is 8.85. The molecule has 3 nitrogen and oxygen atoms in total. The molecule has 0 aliphatic heterocycles. The largest absolute Gasteiger partial charge is 1.00 e. The Morgan fingerprint density at radius 3 is 1.17 bits per heavy atom. The van der Waals surface area contributed by atoms with Crippen LogP contribution >= 0.6 is 0 Å². The van der Waals surface area contributed by atoms with E-state index in [4.69, 9.17) is 0 Å². The molecule has 0 atom stereocenters. The zero-order chi connectivity index (χ0) is 14.5. The summed E-state index contributed by atoms with van der Waals surface area (Å²) in [6.07, 6.45) is -7.16. The summed E-state index contributed by atoms with van der Waals surface area (Å²) >= 11 is 0. The van der Waals surface area contributed by atoms with Crippen LogP contribution in [-0.2, 0) is 10.1 Å². The van der Waals surface area contributed by atoms with Gasteiger partial charge < -0.3 is 4.55 Å². The van der Waals surface area contributed by atoms with Crippen LogP contribution in [0.25, 0.3) is 0 Å². The zero-order valence-electron chi connectivity index (χ0n) is 8.03. The molecular formula is C4F9LiO3S. The molecule has 18 heavy (non-hydrogen) atoms. The first-order valence-corrected chi connectivity index (χ1v) is 4.56. The van der Waals surface area contributed by atoms with Gasteiger partial charge in [0.25, 0.3) is 0 Å². The smallest absolute Gasteiger partial charge is 0.743 e. The van der Waals surface area contributed by atoms with Crippen LogP contribution in [-0.4, -0.2) is 36.2 Å². The summed E-state index contributed by atoms with van der Waals surface area (Å²) in [7, 11) is -7.42. The van der Waals surface area contributed by atoms with Gasteiger partial charge >= 0.3 is 42.1 Å². The second-order valence-corrected chi connectivity index (χ2v) is 4.04. The van der Waals surface area contributed by atoms with Gasteiger partial charge in [0.1, 0.15) is 0 Å². The van der Waals surface area contributed by atoms with Gasteiger partial charge in [-0.3, -0.25) is 0 Å². The summed E-state index contributed by atoms with van der Waals surface area (Å²) in [6.45, 7) is 0. The summed E-state index contributed by atoms with van der Waals surface area (Å²) in [5.41, 5.74) is 0. The molecule has 0 heterocycles. The third-order valence-corrected chi connectivity index (χ3v) is 2.31. The summed E-state index contributed by atoms with van der Waals surface area (Å²) in [5, 5.41) is -7.11. The van der Waals surface area contributed by atoms with E-state index in [9.17, 15) is 52.5 Å². The number of alkyl halides is 9. The molecule has 0 saturated heterocycles. The molecule has 0 unspecified atom stereocenters. The van der Waals surface area contributed by atoms with Crippen molar-refractivity contribution in [3.8, 4) is 0 Å². The molecule has 0 bridgehead atoms. The molecule has 0 N–H and O–H groups in total. The van der Waals surface area contributed by atoms with Gasteiger partial charge in [-0.15, -0.1) is 0 Å². The van der Waals surface area contributed by atoms with E-state index in [1.807, 2.05) is 0 Å². The summed E-state index contributed by atoms with van der Waals surface area (Å²) < 4.78 is 135. The SMILES string of the molecule is O=S(=O)([O-])C(F)(F)C(F)(F)C(F)(F)C(F)(F)F.[Li+]. The van der Waals surface area contributed by atoms with E-state index in [1.165, 1.54) is 0 Å². The molecule has 0 rings (SSSR count). The number of hydrogen-bond acceptors (Lipinski definition) is 3. The van der Waals surface area contributed by atoms with Crippen molar-refractivity contribution in [3.05, 3.63) is 0 Å². The Kier molecular flexibility index (Phi) is 5.35. The molecule has 0 fully saturated rings. The molecular weight excluding hydrogens is 306 g/mol. The van der Waals surface area contributed by atoms with Crippen molar-refractivity contribution in [3.63, 3.8) is 0 Å². The Balaban J connectivity index is 0. The van der Waals surface area contributed by atoms with E-state index < -0.39 is 33.4 Å². The molecule has 0 saturated carbocycles. The Morgan fingerprint density at radius 1 is 0.722 bits per heavy atom. The molecule has 0 aliphatic rings. The molecule has 0 aromatic heterocycles. The fourth-order valence-corrected chi connectivity index (χ4v) is 0.960. The van der Waals surface area contributed by atoms with Gasteiger partial charge in [-0.05, 0) is 0 Å². The summed E-state index contributed by atoms with van der Waals surface area (Å²) in [5.74, 6) is -14.8. The van der Waals surface area contributed by atoms with Crippen molar-refractivity contribution in [1.82, 2.24) is 0 Å². The van der Waals surface area contributed by atoms with Crippen LogP contribution in [0.4, 0.5) is 39.5 Å². The van der Waals surface area contributed by atoms with Crippen molar-refractivity contribution in [2.45, 2.75) is 23.3 Å². The Bertz CT molecular complexity index is 399. The second-order valence-electron chi connectivity index (χ2n) is 2.62. The third-order valence-electron chi connectivity index (χ3n) is 1.43. The molecule has 0 aromatic rings. The number of hydrogen-bond donors (Lipinski definition) is 0. The van der Waals surface area contributed by atoms with E-state index >= 15 is 0 Å². The molecule has 0 aromatic carbocycles. The fraction of sp³-hybridized carbons (Fsp3) is 1.00. The van der Waals surface area contributed by atoms with E-state index in [-0.39, 0.29) is 18.9 Å². The maximum atomic E-state index is 12.2. The van der Waals surface area contributed by atoms with E-state index in [1.54, 1.807) is 0 Å². The van der Waals surface area contributed by atoms with Crippen molar-refractivity contribution >= 4 is 10.1 Å². The van der Waals surface area contributed by atoms with Crippen LogP contribution in [0.15, 0.2) is 0 Å². The van der Waals surface area contributed by atoms with Gasteiger partial charge in [-0.2, -0.15) is 39.5 Å². The topological polar surface area (TPSA) is 57.2 Å². The van der Waals surface area contributed by atoms with Crippen LogP contribution in [0.5, 0.6) is 0 Å². The molecule has 0 amide bonds.